The summed E-state index contributed by atoms with van der Waals surface area (Å²) in [6.45, 7) is 1.56. The average molecular weight is 455 g/mol. The summed E-state index contributed by atoms with van der Waals surface area (Å²) >= 11 is 0. The molecule has 2 aromatic carbocycles. The number of hydrogen-bond acceptors (Lipinski definition) is 5. The Morgan fingerprint density at radius 2 is 1.88 bits per heavy atom. The van der Waals surface area contributed by atoms with E-state index in [1.54, 1.807) is 25.2 Å². The Kier molecular flexibility index (Phi) is 6.24. The maximum atomic E-state index is 13.2. The predicted octanol–water partition coefficient (Wildman–Crippen LogP) is 3.92. The summed E-state index contributed by atoms with van der Waals surface area (Å²) in [5, 5.41) is 0. The molecule has 2 aliphatic rings. The first-order chi connectivity index (χ1) is 16.5. The molecule has 0 spiro atoms. The highest BCUT2D eigenvalue weighted by atomic mass is 16.2. The van der Waals surface area contributed by atoms with Crippen LogP contribution in [-0.4, -0.2) is 58.1 Å². The van der Waals surface area contributed by atoms with Gasteiger partial charge in [-0.25, -0.2) is 9.97 Å². The lowest BCUT2D eigenvalue weighted by Crippen LogP contribution is -2.36. The Morgan fingerprint density at radius 1 is 1.03 bits per heavy atom. The van der Waals surface area contributed by atoms with E-state index in [-0.39, 0.29) is 11.9 Å². The molecule has 6 heteroatoms. The van der Waals surface area contributed by atoms with Crippen LogP contribution in [0.5, 0.6) is 0 Å². The number of hydrogen-bond donors (Lipinski definition) is 0. The molecular weight excluding hydrogens is 424 g/mol. The van der Waals surface area contributed by atoms with Gasteiger partial charge in [-0.2, -0.15) is 0 Å². The highest BCUT2D eigenvalue weighted by Gasteiger charge is 2.30. The van der Waals surface area contributed by atoms with Gasteiger partial charge in [-0.15, -0.1) is 0 Å². The van der Waals surface area contributed by atoms with Crippen molar-refractivity contribution in [2.45, 2.75) is 44.7 Å². The number of nitrogens with zero attached hydrogens (tertiary/aromatic N) is 4. The summed E-state index contributed by atoms with van der Waals surface area (Å²) in [7, 11) is 3.53. The van der Waals surface area contributed by atoms with Crippen molar-refractivity contribution in [3.8, 4) is 11.3 Å². The minimum Gasteiger partial charge on any atom is -0.345 e. The number of benzene rings is 2. The first-order valence-corrected chi connectivity index (χ1v) is 12.0. The highest BCUT2D eigenvalue weighted by molar-refractivity contribution is 5.94. The van der Waals surface area contributed by atoms with Crippen molar-refractivity contribution in [1.29, 1.82) is 0 Å². The van der Waals surface area contributed by atoms with Gasteiger partial charge in [0.15, 0.2) is 0 Å². The van der Waals surface area contributed by atoms with Crippen molar-refractivity contribution < 1.29 is 9.59 Å². The SMILES string of the molecule is CN(C)C(=O)c1cc2cc(c1)CN1CCC[C@H]1C(=O)CCc1cccc(c1)-c1ccnc(n1)C2. The van der Waals surface area contributed by atoms with E-state index in [4.69, 9.17) is 4.98 Å². The van der Waals surface area contributed by atoms with E-state index in [1.165, 1.54) is 0 Å². The van der Waals surface area contributed by atoms with E-state index < -0.39 is 0 Å². The van der Waals surface area contributed by atoms with Gasteiger partial charge in [-0.3, -0.25) is 14.5 Å². The molecule has 5 rings (SSSR count). The van der Waals surface area contributed by atoms with Gasteiger partial charge in [0.25, 0.3) is 5.91 Å². The van der Waals surface area contributed by atoms with Crippen molar-refractivity contribution in [3.05, 3.63) is 82.8 Å². The number of Topliss-reactive ketones (excluding diaryl/α,β-unsaturated/α-hetero) is 1. The Morgan fingerprint density at radius 3 is 2.74 bits per heavy atom. The predicted molar refractivity (Wildman–Crippen MR) is 131 cm³/mol. The number of aromatic nitrogens is 2. The van der Waals surface area contributed by atoms with Crippen LogP contribution in [0.25, 0.3) is 11.3 Å². The van der Waals surface area contributed by atoms with Crippen molar-refractivity contribution in [1.82, 2.24) is 19.8 Å². The molecule has 34 heavy (non-hydrogen) atoms. The number of rotatable bonds is 1. The van der Waals surface area contributed by atoms with Crippen LogP contribution in [0.2, 0.25) is 0 Å². The molecule has 1 aromatic heterocycles. The van der Waals surface area contributed by atoms with Crippen LogP contribution in [0.4, 0.5) is 0 Å². The number of carbonyl (C=O) groups excluding carboxylic acids is 2. The smallest absolute Gasteiger partial charge is 0.253 e. The molecule has 0 aliphatic carbocycles. The number of fused-ring (bicyclic) bond motifs is 8. The summed E-state index contributed by atoms with van der Waals surface area (Å²) in [4.78, 5) is 39.2. The second kappa shape index (κ2) is 9.47. The van der Waals surface area contributed by atoms with Crippen LogP contribution in [0, 0.1) is 0 Å². The monoisotopic (exact) mass is 454 g/mol. The minimum atomic E-state index is -0.0520. The molecule has 1 atom stereocenters. The first-order valence-electron chi connectivity index (χ1n) is 12.0. The van der Waals surface area contributed by atoms with Crippen molar-refractivity contribution >= 4 is 11.7 Å². The fraction of sp³-hybridized carbons (Fsp3) is 0.357. The van der Waals surface area contributed by atoms with Crippen LogP contribution in [0.15, 0.2) is 54.7 Å². The summed E-state index contributed by atoms with van der Waals surface area (Å²) in [5.41, 5.74) is 5.76. The molecule has 0 N–H and O–H groups in total. The van der Waals surface area contributed by atoms with Crippen molar-refractivity contribution in [2.24, 2.45) is 0 Å². The lowest BCUT2D eigenvalue weighted by atomic mass is 9.98. The van der Waals surface area contributed by atoms with Crippen molar-refractivity contribution in [3.63, 3.8) is 0 Å². The molecule has 3 aromatic rings. The Bertz CT molecular complexity index is 1240. The molecule has 2 aliphatic heterocycles. The van der Waals surface area contributed by atoms with Gasteiger partial charge in [0.2, 0.25) is 0 Å². The normalized spacial score (nSPS) is 18.4. The average Bonchev–Trinajstić information content (AvgIpc) is 3.30. The van der Waals surface area contributed by atoms with Gasteiger partial charge in [0.1, 0.15) is 11.6 Å². The third-order valence-corrected chi connectivity index (χ3v) is 6.78. The third-order valence-electron chi connectivity index (χ3n) is 6.78. The van der Waals surface area contributed by atoms with Gasteiger partial charge in [-0.1, -0.05) is 24.3 Å². The van der Waals surface area contributed by atoms with Crippen LogP contribution >= 0.6 is 0 Å². The molecule has 0 unspecified atom stereocenters. The van der Waals surface area contributed by atoms with Gasteiger partial charge in [-0.05, 0) is 66.8 Å². The first kappa shape index (κ1) is 22.4. The summed E-state index contributed by atoms with van der Waals surface area (Å²) < 4.78 is 0. The van der Waals surface area contributed by atoms with Crippen LogP contribution < -0.4 is 0 Å². The zero-order valence-corrected chi connectivity index (χ0v) is 19.8. The Hall–Kier alpha value is -3.38. The highest BCUT2D eigenvalue weighted by Crippen LogP contribution is 2.26. The number of amides is 1. The number of carbonyl (C=O) groups is 2. The Balaban J connectivity index is 1.60. The molecule has 6 bridgehead atoms. The Labute approximate surface area is 200 Å². The van der Waals surface area contributed by atoms with E-state index in [0.29, 0.717) is 30.7 Å². The van der Waals surface area contributed by atoms with Crippen LogP contribution in [0.3, 0.4) is 0 Å². The number of aryl methyl sites for hydroxylation is 1. The third kappa shape index (κ3) is 4.77. The molecule has 1 fully saturated rings. The lowest BCUT2D eigenvalue weighted by Gasteiger charge is -2.24. The van der Waals surface area contributed by atoms with E-state index in [1.807, 2.05) is 30.3 Å². The maximum Gasteiger partial charge on any atom is 0.253 e. The van der Waals surface area contributed by atoms with Crippen LogP contribution in [0.1, 0.15) is 52.1 Å². The number of ketones is 1. The minimum absolute atomic E-state index is 0.0296. The molecule has 1 saturated heterocycles. The second-order valence-electron chi connectivity index (χ2n) is 9.57. The fourth-order valence-electron chi connectivity index (χ4n) is 5.10. The van der Waals surface area contributed by atoms with Crippen LogP contribution in [-0.2, 0) is 24.2 Å². The summed E-state index contributed by atoms with van der Waals surface area (Å²) in [5.74, 6) is 1.00. The van der Waals surface area contributed by atoms with Gasteiger partial charge < -0.3 is 4.90 Å². The lowest BCUT2D eigenvalue weighted by molar-refractivity contribution is -0.123. The second-order valence-corrected chi connectivity index (χ2v) is 9.57. The van der Waals surface area contributed by atoms with Gasteiger partial charge >= 0.3 is 0 Å². The van der Waals surface area contributed by atoms with Crippen molar-refractivity contribution in [2.75, 3.05) is 20.6 Å². The van der Waals surface area contributed by atoms with Gasteiger partial charge in [0.05, 0.1) is 11.7 Å². The maximum absolute atomic E-state index is 13.2. The standard InChI is InChI=1S/C28H30N4O2/c1-31(2)28(34)23-15-20-13-21(16-23)18-32-12-4-7-25(32)26(33)9-8-19-5-3-6-22(14-19)24-10-11-29-27(17-20)30-24/h3,5-6,10-11,13-16,25H,4,7-9,12,17-18H2,1-2H3/t25-/m0/s1. The fourth-order valence-corrected chi connectivity index (χ4v) is 5.10. The summed E-state index contributed by atoms with van der Waals surface area (Å²) in [6.07, 6.45) is 5.52. The molecule has 1 amide bonds. The summed E-state index contributed by atoms with van der Waals surface area (Å²) in [6, 6.07) is 16.2. The molecule has 174 valence electrons. The van der Waals surface area contributed by atoms with E-state index >= 15 is 0 Å². The molecular formula is C28H30N4O2. The quantitative estimate of drug-likeness (QED) is 0.558. The zero-order chi connectivity index (χ0) is 23.7. The molecule has 0 radical (unpaired) electrons. The molecule has 0 saturated carbocycles. The molecule has 6 nitrogen and oxygen atoms in total. The van der Waals surface area contributed by atoms with E-state index in [0.717, 1.165) is 59.6 Å². The largest absolute Gasteiger partial charge is 0.345 e. The zero-order valence-electron chi connectivity index (χ0n) is 19.8. The topological polar surface area (TPSA) is 66.4 Å². The molecule has 3 heterocycles. The van der Waals surface area contributed by atoms with Gasteiger partial charge in [0, 0.05) is 50.8 Å². The van der Waals surface area contributed by atoms with E-state index in [2.05, 4.69) is 28.1 Å². The van der Waals surface area contributed by atoms with E-state index in [9.17, 15) is 9.59 Å².